The second kappa shape index (κ2) is 5.60. The van der Waals surface area contributed by atoms with E-state index in [1.54, 1.807) is 0 Å². The first-order valence-corrected chi connectivity index (χ1v) is 6.91. The quantitative estimate of drug-likeness (QED) is 0.909. The standard InChI is InChI=1S/C15H21ClO2/c1-15(2,10-17)12-3-4-13(14(16)9-12)11-5-7-18-8-6-11/h3-4,9,11,17H,5-8,10H2,1-2H3. The molecule has 0 bridgehead atoms. The van der Waals surface area contributed by atoms with Gasteiger partial charge in [0.2, 0.25) is 0 Å². The van der Waals surface area contributed by atoms with Crippen molar-refractivity contribution in [1.82, 2.24) is 0 Å². The maximum atomic E-state index is 9.40. The monoisotopic (exact) mass is 268 g/mol. The molecule has 1 aliphatic rings. The highest BCUT2D eigenvalue weighted by Gasteiger charge is 2.23. The fourth-order valence-electron chi connectivity index (χ4n) is 2.38. The summed E-state index contributed by atoms with van der Waals surface area (Å²) in [6, 6.07) is 6.21. The van der Waals surface area contributed by atoms with Crippen LogP contribution < -0.4 is 0 Å². The zero-order valence-corrected chi connectivity index (χ0v) is 11.8. The summed E-state index contributed by atoms with van der Waals surface area (Å²) < 4.78 is 5.38. The van der Waals surface area contributed by atoms with E-state index in [0.29, 0.717) is 5.92 Å². The van der Waals surface area contributed by atoms with Crippen LogP contribution in [0, 0.1) is 0 Å². The van der Waals surface area contributed by atoms with Crippen molar-refractivity contribution in [1.29, 1.82) is 0 Å². The molecule has 2 rings (SSSR count). The summed E-state index contributed by atoms with van der Waals surface area (Å²) in [6.45, 7) is 5.81. The summed E-state index contributed by atoms with van der Waals surface area (Å²) in [5.74, 6) is 0.512. The van der Waals surface area contributed by atoms with Gasteiger partial charge in [0.1, 0.15) is 0 Å². The molecule has 0 saturated carbocycles. The van der Waals surface area contributed by atoms with E-state index >= 15 is 0 Å². The lowest BCUT2D eigenvalue weighted by Gasteiger charge is -2.26. The zero-order chi connectivity index (χ0) is 13.2. The Labute approximate surface area is 114 Å². The van der Waals surface area contributed by atoms with E-state index in [9.17, 15) is 5.11 Å². The van der Waals surface area contributed by atoms with E-state index in [1.807, 2.05) is 19.9 Å². The van der Waals surface area contributed by atoms with Gasteiger partial charge < -0.3 is 9.84 Å². The smallest absolute Gasteiger partial charge is 0.0522 e. The van der Waals surface area contributed by atoms with E-state index in [2.05, 4.69) is 12.1 Å². The molecule has 18 heavy (non-hydrogen) atoms. The van der Waals surface area contributed by atoms with Gasteiger partial charge in [0.05, 0.1) is 6.61 Å². The van der Waals surface area contributed by atoms with Gasteiger partial charge in [-0.05, 0) is 36.0 Å². The molecule has 0 aromatic heterocycles. The first-order chi connectivity index (χ1) is 8.54. The molecule has 1 N–H and O–H groups in total. The topological polar surface area (TPSA) is 29.5 Å². The third kappa shape index (κ3) is 2.87. The Morgan fingerprint density at radius 1 is 1.33 bits per heavy atom. The van der Waals surface area contributed by atoms with E-state index < -0.39 is 0 Å². The molecule has 1 aliphatic heterocycles. The van der Waals surface area contributed by atoms with Crippen LogP contribution in [0.4, 0.5) is 0 Å². The molecule has 0 radical (unpaired) electrons. The van der Waals surface area contributed by atoms with Gasteiger partial charge in [-0.3, -0.25) is 0 Å². The number of aliphatic hydroxyl groups excluding tert-OH is 1. The number of hydrogen-bond donors (Lipinski definition) is 1. The van der Waals surface area contributed by atoms with E-state index in [1.165, 1.54) is 5.56 Å². The SMILES string of the molecule is CC(C)(CO)c1ccc(C2CCOCC2)c(Cl)c1. The zero-order valence-electron chi connectivity index (χ0n) is 11.1. The van der Waals surface area contributed by atoms with Crippen LogP contribution >= 0.6 is 11.6 Å². The van der Waals surface area contributed by atoms with Crippen molar-refractivity contribution < 1.29 is 9.84 Å². The molecule has 0 aliphatic carbocycles. The Kier molecular flexibility index (Phi) is 4.31. The van der Waals surface area contributed by atoms with Gasteiger partial charge in [0.25, 0.3) is 0 Å². The minimum atomic E-state index is -0.238. The number of rotatable bonds is 3. The van der Waals surface area contributed by atoms with Crippen molar-refractivity contribution in [2.45, 2.75) is 38.0 Å². The van der Waals surface area contributed by atoms with Gasteiger partial charge in [-0.2, -0.15) is 0 Å². The third-order valence-corrected chi connectivity index (χ3v) is 4.17. The molecule has 1 aromatic carbocycles. The lowest BCUT2D eigenvalue weighted by Crippen LogP contribution is -2.22. The number of halogens is 1. The average molecular weight is 269 g/mol. The summed E-state index contributed by atoms with van der Waals surface area (Å²) >= 11 is 6.40. The van der Waals surface area contributed by atoms with Crippen molar-refractivity contribution >= 4 is 11.6 Å². The van der Waals surface area contributed by atoms with Crippen molar-refractivity contribution in [3.8, 4) is 0 Å². The minimum Gasteiger partial charge on any atom is -0.395 e. The fourth-order valence-corrected chi connectivity index (χ4v) is 2.71. The molecule has 1 saturated heterocycles. The van der Waals surface area contributed by atoms with Gasteiger partial charge >= 0.3 is 0 Å². The molecule has 0 spiro atoms. The van der Waals surface area contributed by atoms with Crippen molar-refractivity contribution in [3.63, 3.8) is 0 Å². The number of ether oxygens (including phenoxy) is 1. The van der Waals surface area contributed by atoms with Gasteiger partial charge in [-0.1, -0.05) is 37.6 Å². The van der Waals surface area contributed by atoms with E-state index in [0.717, 1.165) is 36.6 Å². The highest BCUT2D eigenvalue weighted by molar-refractivity contribution is 6.31. The highest BCUT2D eigenvalue weighted by Crippen LogP contribution is 2.35. The highest BCUT2D eigenvalue weighted by atomic mass is 35.5. The Morgan fingerprint density at radius 2 is 2.00 bits per heavy atom. The second-order valence-corrected chi connectivity index (χ2v) is 6.07. The molecule has 0 unspecified atom stereocenters. The number of hydrogen-bond acceptors (Lipinski definition) is 2. The third-order valence-electron chi connectivity index (χ3n) is 3.84. The summed E-state index contributed by atoms with van der Waals surface area (Å²) in [7, 11) is 0. The number of aliphatic hydroxyl groups is 1. The van der Waals surface area contributed by atoms with Crippen LogP contribution in [0.3, 0.4) is 0 Å². The molecule has 100 valence electrons. The lowest BCUT2D eigenvalue weighted by molar-refractivity contribution is 0.0853. The Balaban J connectivity index is 2.24. The van der Waals surface area contributed by atoms with Crippen LogP contribution in [0.2, 0.25) is 5.02 Å². The summed E-state index contributed by atoms with van der Waals surface area (Å²) in [6.07, 6.45) is 2.09. The average Bonchev–Trinajstić information content (AvgIpc) is 2.39. The second-order valence-electron chi connectivity index (χ2n) is 5.66. The van der Waals surface area contributed by atoms with Crippen LogP contribution in [0.15, 0.2) is 18.2 Å². The largest absolute Gasteiger partial charge is 0.395 e. The maximum Gasteiger partial charge on any atom is 0.0522 e. The fraction of sp³-hybridized carbons (Fsp3) is 0.600. The summed E-state index contributed by atoms with van der Waals surface area (Å²) in [5, 5.41) is 10.2. The van der Waals surface area contributed by atoms with Gasteiger partial charge in [0.15, 0.2) is 0 Å². The maximum absolute atomic E-state index is 9.40. The minimum absolute atomic E-state index is 0.125. The molecule has 1 fully saturated rings. The van der Waals surface area contributed by atoms with Crippen molar-refractivity contribution in [2.75, 3.05) is 19.8 Å². The Hall–Kier alpha value is -0.570. The lowest BCUT2D eigenvalue weighted by atomic mass is 9.83. The van der Waals surface area contributed by atoms with Gasteiger partial charge in [-0.15, -0.1) is 0 Å². The Bertz CT molecular complexity index is 409. The molecule has 2 nitrogen and oxygen atoms in total. The molecule has 0 atom stereocenters. The predicted molar refractivity (Wildman–Crippen MR) is 74.4 cm³/mol. The van der Waals surface area contributed by atoms with Gasteiger partial charge in [0, 0.05) is 23.7 Å². The van der Waals surface area contributed by atoms with E-state index in [4.69, 9.17) is 16.3 Å². The number of benzene rings is 1. The predicted octanol–water partition coefficient (Wildman–Crippen LogP) is 3.50. The normalized spacial score (nSPS) is 18.0. The molecular formula is C15H21ClO2. The first kappa shape index (κ1) is 13.9. The molecule has 0 amide bonds. The van der Waals surface area contributed by atoms with Gasteiger partial charge in [-0.25, -0.2) is 0 Å². The van der Waals surface area contributed by atoms with Crippen molar-refractivity contribution in [3.05, 3.63) is 34.3 Å². The van der Waals surface area contributed by atoms with Crippen LogP contribution in [0.1, 0.15) is 43.7 Å². The molecule has 3 heteroatoms. The summed E-state index contributed by atoms with van der Waals surface area (Å²) in [4.78, 5) is 0. The van der Waals surface area contributed by atoms with Crippen molar-refractivity contribution in [2.24, 2.45) is 0 Å². The molecule has 1 aromatic rings. The van der Waals surface area contributed by atoms with Crippen LogP contribution in [-0.4, -0.2) is 24.9 Å². The van der Waals surface area contributed by atoms with E-state index in [-0.39, 0.29) is 12.0 Å². The first-order valence-electron chi connectivity index (χ1n) is 6.53. The molecule has 1 heterocycles. The van der Waals surface area contributed by atoms with Crippen LogP contribution in [-0.2, 0) is 10.2 Å². The van der Waals surface area contributed by atoms with Crippen LogP contribution in [0.25, 0.3) is 0 Å². The Morgan fingerprint density at radius 3 is 2.56 bits per heavy atom. The molecular weight excluding hydrogens is 248 g/mol. The summed E-state index contributed by atoms with van der Waals surface area (Å²) in [5.41, 5.74) is 2.07. The van der Waals surface area contributed by atoms with Crippen LogP contribution in [0.5, 0.6) is 0 Å².